The van der Waals surface area contributed by atoms with E-state index in [4.69, 9.17) is 10.2 Å². The van der Waals surface area contributed by atoms with Gasteiger partial charge in [0.15, 0.2) is 11.3 Å². The molecule has 33 heavy (non-hydrogen) atoms. The third-order valence-corrected chi connectivity index (χ3v) is 5.34. The highest BCUT2D eigenvalue weighted by Gasteiger charge is 2.22. The number of oxazole rings is 1. The quantitative estimate of drug-likeness (QED) is 0.357. The zero-order chi connectivity index (χ0) is 23.8. The van der Waals surface area contributed by atoms with Gasteiger partial charge in [-0.15, -0.1) is 0 Å². The molecule has 1 aromatic heterocycles. The van der Waals surface area contributed by atoms with Crippen molar-refractivity contribution in [3.63, 3.8) is 0 Å². The highest BCUT2D eigenvalue weighted by Crippen LogP contribution is 2.28. The zero-order valence-corrected chi connectivity index (χ0v) is 19.3. The molecule has 0 bridgehead atoms. The van der Waals surface area contributed by atoms with Crippen molar-refractivity contribution >= 4 is 22.6 Å². The van der Waals surface area contributed by atoms with E-state index in [2.05, 4.69) is 40.7 Å². The van der Waals surface area contributed by atoms with Gasteiger partial charge in [-0.3, -0.25) is 4.79 Å². The Morgan fingerprint density at radius 2 is 1.79 bits per heavy atom. The van der Waals surface area contributed by atoms with Gasteiger partial charge >= 0.3 is 0 Å². The Hall–Kier alpha value is -3.64. The summed E-state index contributed by atoms with van der Waals surface area (Å²) < 4.78 is 5.60. The lowest BCUT2D eigenvalue weighted by Gasteiger charge is -2.15. The first kappa shape index (κ1) is 24.0. The molecule has 1 unspecified atom stereocenters. The summed E-state index contributed by atoms with van der Waals surface area (Å²) in [6.07, 6.45) is 8.83. The number of rotatable bonds is 5. The molecule has 4 rings (SSSR count). The van der Waals surface area contributed by atoms with Crippen LogP contribution in [0.5, 0.6) is 0 Å². The molecule has 0 spiro atoms. The highest BCUT2D eigenvalue weighted by molar-refractivity contribution is 5.98. The minimum Gasteiger partial charge on any atom is -0.503 e. The number of benzene rings is 2. The van der Waals surface area contributed by atoms with Crippen LogP contribution in [0.3, 0.4) is 0 Å². The van der Waals surface area contributed by atoms with Gasteiger partial charge in [0.25, 0.3) is 5.91 Å². The Morgan fingerprint density at radius 3 is 2.39 bits per heavy atom. The first-order chi connectivity index (χ1) is 15.9. The van der Waals surface area contributed by atoms with E-state index in [1.165, 1.54) is 18.2 Å². The average Bonchev–Trinajstić information content (AvgIpc) is 3.27. The number of nitrogens with one attached hydrogen (secondary N) is 1. The summed E-state index contributed by atoms with van der Waals surface area (Å²) in [5.41, 5.74) is 10.3. The molecule has 1 heterocycles. The van der Waals surface area contributed by atoms with Crippen LogP contribution in [0.1, 0.15) is 44.2 Å². The molecule has 0 radical (unpaired) electrons. The largest absolute Gasteiger partial charge is 0.503 e. The lowest BCUT2D eigenvalue weighted by molar-refractivity contribution is -0.119. The molecule has 0 fully saturated rings. The summed E-state index contributed by atoms with van der Waals surface area (Å²) in [6.45, 7) is 3.73. The molecule has 3 aromatic rings. The molecule has 172 valence electrons. The molecule has 0 saturated heterocycles. The number of aliphatic hydroxyl groups excluding tert-OH is 1. The fourth-order valence-corrected chi connectivity index (χ4v) is 3.57. The molecule has 0 saturated carbocycles. The van der Waals surface area contributed by atoms with Crippen LogP contribution >= 0.6 is 0 Å². The first-order valence-electron chi connectivity index (χ1n) is 11.1. The van der Waals surface area contributed by atoms with Crippen molar-refractivity contribution in [2.24, 2.45) is 11.7 Å². The van der Waals surface area contributed by atoms with Crippen molar-refractivity contribution in [2.45, 2.75) is 32.7 Å². The SMILES string of the molecule is CNC(=O)/C(O)=C(/c1nc2ccccc2o1)C(C)C.NC(C1=CCCC=C1)c1ccccc1. The number of carbonyl (C=O) groups is 1. The molecule has 1 aliphatic carbocycles. The van der Waals surface area contributed by atoms with Crippen molar-refractivity contribution in [1.29, 1.82) is 0 Å². The summed E-state index contributed by atoms with van der Waals surface area (Å²) in [5, 5.41) is 12.4. The number of hydrogen-bond acceptors (Lipinski definition) is 5. The normalized spacial score (nSPS) is 14.8. The minimum atomic E-state index is -0.550. The number of para-hydroxylation sites is 2. The topological polar surface area (TPSA) is 101 Å². The molecule has 1 aliphatic rings. The molecule has 4 N–H and O–H groups in total. The number of hydrogen-bond donors (Lipinski definition) is 3. The van der Waals surface area contributed by atoms with Gasteiger partial charge in [-0.1, -0.05) is 74.5 Å². The van der Waals surface area contributed by atoms with Crippen LogP contribution in [0.4, 0.5) is 0 Å². The fraction of sp³-hybridized carbons (Fsp3) is 0.259. The van der Waals surface area contributed by atoms with E-state index in [1.54, 1.807) is 6.07 Å². The van der Waals surface area contributed by atoms with Crippen LogP contribution in [0, 0.1) is 5.92 Å². The first-order valence-corrected chi connectivity index (χ1v) is 11.1. The Morgan fingerprint density at radius 1 is 1.09 bits per heavy atom. The number of fused-ring (bicyclic) bond motifs is 1. The van der Waals surface area contributed by atoms with Gasteiger partial charge in [0, 0.05) is 7.05 Å². The van der Waals surface area contributed by atoms with Crippen molar-refractivity contribution in [3.8, 4) is 0 Å². The summed E-state index contributed by atoms with van der Waals surface area (Å²) in [7, 11) is 1.46. The number of likely N-dealkylation sites (N-methyl/N-ethyl adjacent to an activating group) is 1. The number of aromatic nitrogens is 1. The van der Waals surface area contributed by atoms with Crippen molar-refractivity contribution < 1.29 is 14.3 Å². The van der Waals surface area contributed by atoms with Gasteiger partial charge in [-0.25, -0.2) is 4.98 Å². The van der Waals surface area contributed by atoms with E-state index in [-0.39, 0.29) is 23.6 Å². The van der Waals surface area contributed by atoms with Crippen LogP contribution in [0.2, 0.25) is 0 Å². The van der Waals surface area contributed by atoms with Crippen LogP contribution in [0.25, 0.3) is 16.7 Å². The monoisotopic (exact) mass is 445 g/mol. The maximum atomic E-state index is 11.6. The zero-order valence-electron chi connectivity index (χ0n) is 19.3. The van der Waals surface area contributed by atoms with Gasteiger partial charge in [0.05, 0.1) is 11.6 Å². The Kier molecular flexibility index (Phi) is 8.22. The molecule has 6 heteroatoms. The summed E-state index contributed by atoms with van der Waals surface area (Å²) in [5.74, 6) is -0.724. The highest BCUT2D eigenvalue weighted by atomic mass is 16.3. The number of allylic oxidation sites excluding steroid dienone is 3. The van der Waals surface area contributed by atoms with Crippen molar-refractivity contribution in [3.05, 3.63) is 95.6 Å². The van der Waals surface area contributed by atoms with Crippen LogP contribution in [-0.2, 0) is 4.79 Å². The van der Waals surface area contributed by atoms with E-state index in [9.17, 15) is 9.90 Å². The Balaban J connectivity index is 0.000000194. The van der Waals surface area contributed by atoms with E-state index < -0.39 is 5.91 Å². The number of amides is 1. The van der Waals surface area contributed by atoms with Crippen LogP contribution < -0.4 is 11.1 Å². The van der Waals surface area contributed by atoms with E-state index in [0.717, 1.165) is 12.8 Å². The van der Waals surface area contributed by atoms with Crippen LogP contribution in [-0.4, -0.2) is 23.0 Å². The average molecular weight is 446 g/mol. The lowest BCUT2D eigenvalue weighted by atomic mass is 9.95. The number of nitrogens with zero attached hydrogens (tertiary/aromatic N) is 1. The van der Waals surface area contributed by atoms with E-state index in [0.29, 0.717) is 16.7 Å². The maximum Gasteiger partial charge on any atom is 0.286 e. The molecule has 0 aliphatic heterocycles. The van der Waals surface area contributed by atoms with Gasteiger partial charge in [0.2, 0.25) is 5.89 Å². The summed E-state index contributed by atoms with van der Waals surface area (Å²) in [6, 6.07) is 17.6. The second-order valence-electron chi connectivity index (χ2n) is 8.06. The lowest BCUT2D eigenvalue weighted by Crippen LogP contribution is -2.22. The van der Waals surface area contributed by atoms with Gasteiger partial charge in [-0.05, 0) is 42.0 Å². The Bertz CT molecular complexity index is 1140. The van der Waals surface area contributed by atoms with Gasteiger partial charge in [-0.2, -0.15) is 0 Å². The predicted octanol–water partition coefficient (Wildman–Crippen LogP) is 5.46. The second kappa shape index (κ2) is 11.3. The van der Waals surface area contributed by atoms with Gasteiger partial charge in [0.1, 0.15) is 5.52 Å². The number of carbonyl (C=O) groups excluding carboxylic acids is 1. The van der Waals surface area contributed by atoms with Crippen molar-refractivity contribution in [2.75, 3.05) is 7.05 Å². The number of aliphatic hydroxyl groups is 1. The Labute approximate surface area is 194 Å². The molecular formula is C27H31N3O3. The third kappa shape index (κ3) is 5.99. The van der Waals surface area contributed by atoms with E-state index in [1.807, 2.05) is 50.2 Å². The number of nitrogens with two attached hydrogens (primary N) is 1. The maximum absolute atomic E-state index is 11.6. The third-order valence-electron chi connectivity index (χ3n) is 5.34. The predicted molar refractivity (Wildman–Crippen MR) is 132 cm³/mol. The molecule has 1 amide bonds. The smallest absolute Gasteiger partial charge is 0.286 e. The fourth-order valence-electron chi connectivity index (χ4n) is 3.57. The summed E-state index contributed by atoms with van der Waals surface area (Å²) >= 11 is 0. The standard InChI is InChI=1S/C14H16N2O3.C13H15N/c1-8(2)11(12(17)13(18)15-3)14-16-9-6-4-5-7-10(9)19-14;14-13(11-7-3-1-4-8-11)12-9-5-2-6-10-12/h4-8,17H,1-3H3,(H,15,18);1,3-5,7-10,13H,2,6,14H2/b12-11-;. The molecule has 1 atom stereocenters. The minimum absolute atomic E-state index is 0.0350. The summed E-state index contributed by atoms with van der Waals surface area (Å²) in [4.78, 5) is 15.9. The van der Waals surface area contributed by atoms with Gasteiger partial charge < -0.3 is 20.6 Å². The molecule has 2 aromatic carbocycles. The van der Waals surface area contributed by atoms with Crippen molar-refractivity contribution in [1.82, 2.24) is 10.3 Å². The van der Waals surface area contributed by atoms with E-state index >= 15 is 0 Å². The molecular weight excluding hydrogens is 414 g/mol. The second-order valence-corrected chi connectivity index (χ2v) is 8.06. The molecule has 6 nitrogen and oxygen atoms in total. The van der Waals surface area contributed by atoms with Crippen LogP contribution in [0.15, 0.2) is 88.6 Å².